The molecule has 29 heavy (non-hydrogen) atoms. The van der Waals surface area contributed by atoms with Crippen LogP contribution in [0.15, 0.2) is 92.2 Å². The molecule has 4 heteroatoms. The standard InChI is InChI=1S/C25H13Br2NO/c26-15-8-10-18-19-11-9-16(27)13-22(19)24-23(21(18)12-15)28-25(29-24)20-7-3-5-14-4-1-2-6-17(14)20/h1-13H. The summed E-state index contributed by atoms with van der Waals surface area (Å²) in [5, 5.41) is 6.78. The number of aromatic nitrogens is 1. The molecule has 0 saturated carbocycles. The predicted molar refractivity (Wildman–Crippen MR) is 127 cm³/mol. The molecular formula is C25H13Br2NO. The van der Waals surface area contributed by atoms with Crippen molar-refractivity contribution < 1.29 is 4.42 Å². The highest BCUT2D eigenvalue weighted by Crippen LogP contribution is 2.40. The second-order valence-corrected chi connectivity index (χ2v) is 8.93. The summed E-state index contributed by atoms with van der Waals surface area (Å²) < 4.78 is 8.48. The lowest BCUT2D eigenvalue weighted by molar-refractivity contribution is 0.624. The van der Waals surface area contributed by atoms with E-state index in [-0.39, 0.29) is 0 Å². The molecule has 0 aliphatic heterocycles. The molecular weight excluding hydrogens is 490 g/mol. The van der Waals surface area contributed by atoms with Gasteiger partial charge < -0.3 is 4.42 Å². The quantitative estimate of drug-likeness (QED) is 0.211. The van der Waals surface area contributed by atoms with Crippen LogP contribution in [0, 0.1) is 0 Å². The van der Waals surface area contributed by atoms with Crippen LogP contribution in [-0.4, -0.2) is 4.98 Å². The summed E-state index contributed by atoms with van der Waals surface area (Å²) in [6.45, 7) is 0. The topological polar surface area (TPSA) is 26.0 Å². The average molecular weight is 503 g/mol. The van der Waals surface area contributed by atoms with Crippen LogP contribution in [0.3, 0.4) is 0 Å². The van der Waals surface area contributed by atoms with Crippen LogP contribution in [0.1, 0.15) is 0 Å². The molecule has 0 aliphatic rings. The van der Waals surface area contributed by atoms with Crippen molar-refractivity contribution in [1.29, 1.82) is 0 Å². The Hall–Kier alpha value is -2.69. The van der Waals surface area contributed by atoms with Gasteiger partial charge in [-0.2, -0.15) is 0 Å². The van der Waals surface area contributed by atoms with Crippen LogP contribution in [0.25, 0.3) is 54.9 Å². The number of fused-ring (bicyclic) bond motifs is 7. The van der Waals surface area contributed by atoms with Crippen LogP contribution < -0.4 is 0 Å². The average Bonchev–Trinajstić information content (AvgIpc) is 3.19. The Labute approximate surface area is 183 Å². The summed E-state index contributed by atoms with van der Waals surface area (Å²) in [5.41, 5.74) is 2.70. The Morgan fingerprint density at radius 1 is 0.621 bits per heavy atom. The Morgan fingerprint density at radius 3 is 2.14 bits per heavy atom. The van der Waals surface area contributed by atoms with Gasteiger partial charge in [0.2, 0.25) is 5.89 Å². The number of halogens is 2. The zero-order valence-electron chi connectivity index (χ0n) is 15.1. The summed E-state index contributed by atoms with van der Waals surface area (Å²) in [5.74, 6) is 0.644. The van der Waals surface area contributed by atoms with Gasteiger partial charge in [0.15, 0.2) is 5.58 Å². The first-order chi connectivity index (χ1) is 14.2. The molecule has 0 amide bonds. The second kappa shape index (κ2) is 6.41. The zero-order chi connectivity index (χ0) is 19.5. The van der Waals surface area contributed by atoms with Gasteiger partial charge in [0.05, 0.1) is 0 Å². The molecule has 1 aromatic heterocycles. The lowest BCUT2D eigenvalue weighted by Gasteiger charge is -2.06. The second-order valence-electron chi connectivity index (χ2n) is 7.10. The van der Waals surface area contributed by atoms with Gasteiger partial charge in [-0.1, -0.05) is 80.4 Å². The van der Waals surface area contributed by atoms with Crippen molar-refractivity contribution >= 4 is 75.3 Å². The Kier molecular flexibility index (Phi) is 3.80. The fourth-order valence-corrected chi connectivity index (χ4v) is 4.82. The Balaban J connectivity index is 1.79. The fourth-order valence-electron chi connectivity index (χ4n) is 4.10. The lowest BCUT2D eigenvalue weighted by atomic mass is 10.0. The maximum Gasteiger partial charge on any atom is 0.227 e. The van der Waals surface area contributed by atoms with Crippen LogP contribution in [0.5, 0.6) is 0 Å². The van der Waals surface area contributed by atoms with Crippen LogP contribution >= 0.6 is 31.9 Å². The fraction of sp³-hybridized carbons (Fsp3) is 0. The van der Waals surface area contributed by atoms with Gasteiger partial charge in [-0.15, -0.1) is 0 Å². The van der Waals surface area contributed by atoms with Gasteiger partial charge in [0.25, 0.3) is 0 Å². The normalized spacial score (nSPS) is 11.8. The molecule has 138 valence electrons. The van der Waals surface area contributed by atoms with E-state index in [4.69, 9.17) is 9.40 Å². The minimum atomic E-state index is 0.644. The highest BCUT2D eigenvalue weighted by atomic mass is 79.9. The first kappa shape index (κ1) is 17.2. The third-order valence-electron chi connectivity index (χ3n) is 5.40. The monoisotopic (exact) mass is 501 g/mol. The van der Waals surface area contributed by atoms with Crippen molar-refractivity contribution in [1.82, 2.24) is 4.98 Å². The van der Waals surface area contributed by atoms with E-state index in [9.17, 15) is 0 Å². The van der Waals surface area contributed by atoms with E-state index in [0.717, 1.165) is 47.2 Å². The van der Waals surface area contributed by atoms with E-state index in [1.54, 1.807) is 0 Å². The third kappa shape index (κ3) is 2.63. The summed E-state index contributed by atoms with van der Waals surface area (Å²) in [7, 11) is 0. The maximum atomic E-state index is 6.43. The van der Waals surface area contributed by atoms with Gasteiger partial charge >= 0.3 is 0 Å². The highest BCUT2D eigenvalue weighted by molar-refractivity contribution is 9.10. The lowest BCUT2D eigenvalue weighted by Crippen LogP contribution is -1.82. The van der Waals surface area contributed by atoms with Gasteiger partial charge in [-0.25, -0.2) is 4.98 Å². The van der Waals surface area contributed by atoms with Crippen LogP contribution in [-0.2, 0) is 0 Å². The smallest absolute Gasteiger partial charge is 0.227 e. The Bertz CT molecular complexity index is 1500. The number of rotatable bonds is 1. The third-order valence-corrected chi connectivity index (χ3v) is 6.39. The molecule has 0 unspecified atom stereocenters. The molecule has 1 heterocycles. The summed E-state index contributed by atoms with van der Waals surface area (Å²) in [4.78, 5) is 4.98. The molecule has 2 nitrogen and oxygen atoms in total. The molecule has 6 aromatic rings. The van der Waals surface area contributed by atoms with E-state index in [2.05, 4.69) is 98.6 Å². The largest absolute Gasteiger partial charge is 0.435 e. The zero-order valence-corrected chi connectivity index (χ0v) is 18.3. The molecule has 0 bridgehead atoms. The van der Waals surface area contributed by atoms with Gasteiger partial charge in [0.1, 0.15) is 5.52 Å². The van der Waals surface area contributed by atoms with Crippen molar-refractivity contribution in [3.05, 3.63) is 87.8 Å². The van der Waals surface area contributed by atoms with E-state index in [0.29, 0.717) is 5.89 Å². The first-order valence-electron chi connectivity index (χ1n) is 9.28. The molecule has 0 radical (unpaired) electrons. The molecule has 5 aromatic carbocycles. The molecule has 0 saturated heterocycles. The van der Waals surface area contributed by atoms with Crippen molar-refractivity contribution in [2.75, 3.05) is 0 Å². The number of hydrogen-bond donors (Lipinski definition) is 0. The van der Waals surface area contributed by atoms with Crippen LogP contribution in [0.4, 0.5) is 0 Å². The highest BCUT2D eigenvalue weighted by Gasteiger charge is 2.17. The Morgan fingerprint density at radius 2 is 1.31 bits per heavy atom. The molecule has 0 fully saturated rings. The first-order valence-corrected chi connectivity index (χ1v) is 10.9. The van der Waals surface area contributed by atoms with E-state index in [1.165, 1.54) is 10.8 Å². The minimum absolute atomic E-state index is 0.644. The summed E-state index contributed by atoms with van der Waals surface area (Å²) >= 11 is 7.22. The molecule has 6 rings (SSSR count). The molecule has 0 atom stereocenters. The van der Waals surface area contributed by atoms with E-state index < -0.39 is 0 Å². The number of nitrogens with zero attached hydrogens (tertiary/aromatic N) is 1. The van der Waals surface area contributed by atoms with E-state index in [1.807, 2.05) is 12.1 Å². The van der Waals surface area contributed by atoms with Gasteiger partial charge in [0, 0.05) is 25.3 Å². The minimum Gasteiger partial charge on any atom is -0.435 e. The summed E-state index contributed by atoms with van der Waals surface area (Å²) in [6, 6.07) is 27.2. The van der Waals surface area contributed by atoms with Gasteiger partial charge in [-0.3, -0.25) is 0 Å². The summed E-state index contributed by atoms with van der Waals surface area (Å²) in [6.07, 6.45) is 0. The number of hydrogen-bond acceptors (Lipinski definition) is 2. The molecule has 0 aliphatic carbocycles. The number of oxazole rings is 1. The SMILES string of the molecule is Brc1ccc2c3ccc(Br)cc3c3oc(-c4cccc5ccccc45)nc3c2c1. The van der Waals surface area contributed by atoms with Gasteiger partial charge in [-0.05, 0) is 51.9 Å². The van der Waals surface area contributed by atoms with Crippen molar-refractivity contribution in [2.24, 2.45) is 0 Å². The molecule has 0 spiro atoms. The van der Waals surface area contributed by atoms with E-state index >= 15 is 0 Å². The number of benzene rings is 5. The van der Waals surface area contributed by atoms with Crippen LogP contribution in [0.2, 0.25) is 0 Å². The molecule has 0 N–H and O–H groups in total. The predicted octanol–water partition coefficient (Wildman–Crippen LogP) is 8.48. The van der Waals surface area contributed by atoms with Crippen molar-refractivity contribution in [3.8, 4) is 11.5 Å². The van der Waals surface area contributed by atoms with Crippen molar-refractivity contribution in [2.45, 2.75) is 0 Å². The maximum absolute atomic E-state index is 6.43. The van der Waals surface area contributed by atoms with Crippen molar-refractivity contribution in [3.63, 3.8) is 0 Å².